The Kier molecular flexibility index (Phi) is 2.56. The van der Waals surface area contributed by atoms with Crippen LogP contribution in [0.25, 0.3) is 0 Å². The minimum Gasteiger partial charge on any atom is -0.378 e. The second kappa shape index (κ2) is 3.73. The molecule has 1 N–H and O–H groups in total. The molecule has 82 valence electrons. The minimum atomic E-state index is -4.28. The SMILES string of the molecule is FC(F)(F)c1cccc(NC2COC2)c1. The molecule has 1 fully saturated rings. The number of hydrogen-bond donors (Lipinski definition) is 1. The topological polar surface area (TPSA) is 21.3 Å². The first-order valence-electron chi connectivity index (χ1n) is 4.57. The number of benzene rings is 1. The molecule has 1 heterocycles. The monoisotopic (exact) mass is 217 g/mol. The molecule has 0 spiro atoms. The normalized spacial score (nSPS) is 17.3. The highest BCUT2D eigenvalue weighted by Crippen LogP contribution is 2.30. The van der Waals surface area contributed by atoms with Crippen LogP contribution in [0, 0.1) is 0 Å². The van der Waals surface area contributed by atoms with Crippen molar-refractivity contribution in [2.24, 2.45) is 0 Å². The fourth-order valence-corrected chi connectivity index (χ4v) is 1.34. The maximum atomic E-state index is 12.3. The molecule has 0 amide bonds. The van der Waals surface area contributed by atoms with Gasteiger partial charge in [0, 0.05) is 5.69 Å². The summed E-state index contributed by atoms with van der Waals surface area (Å²) in [6.45, 7) is 1.10. The second-order valence-electron chi connectivity index (χ2n) is 3.46. The summed E-state index contributed by atoms with van der Waals surface area (Å²) in [5.74, 6) is 0. The highest BCUT2D eigenvalue weighted by Gasteiger charge is 2.30. The summed E-state index contributed by atoms with van der Waals surface area (Å²) in [5, 5.41) is 2.97. The van der Waals surface area contributed by atoms with Gasteiger partial charge in [-0.25, -0.2) is 0 Å². The molecule has 2 rings (SSSR count). The van der Waals surface area contributed by atoms with Gasteiger partial charge in [0.25, 0.3) is 0 Å². The smallest absolute Gasteiger partial charge is 0.378 e. The standard InChI is InChI=1S/C10H10F3NO/c11-10(12,13)7-2-1-3-8(4-7)14-9-5-15-6-9/h1-4,9,14H,5-6H2. The van der Waals surface area contributed by atoms with E-state index in [9.17, 15) is 13.2 Å². The van der Waals surface area contributed by atoms with Crippen molar-refractivity contribution in [3.63, 3.8) is 0 Å². The molecule has 0 unspecified atom stereocenters. The van der Waals surface area contributed by atoms with E-state index in [1.54, 1.807) is 6.07 Å². The Hall–Kier alpha value is -1.23. The summed E-state index contributed by atoms with van der Waals surface area (Å²) < 4.78 is 42.0. The van der Waals surface area contributed by atoms with E-state index >= 15 is 0 Å². The fraction of sp³-hybridized carbons (Fsp3) is 0.400. The van der Waals surface area contributed by atoms with Crippen LogP contribution < -0.4 is 5.32 Å². The molecule has 2 nitrogen and oxygen atoms in total. The lowest BCUT2D eigenvalue weighted by Gasteiger charge is -2.28. The quantitative estimate of drug-likeness (QED) is 0.821. The number of nitrogens with one attached hydrogen (secondary N) is 1. The van der Waals surface area contributed by atoms with E-state index in [4.69, 9.17) is 4.74 Å². The highest BCUT2D eigenvalue weighted by molar-refractivity contribution is 5.47. The van der Waals surface area contributed by atoms with Crippen molar-refractivity contribution in [1.29, 1.82) is 0 Å². The molecular formula is C10H10F3NO. The van der Waals surface area contributed by atoms with Crippen LogP contribution in [0.5, 0.6) is 0 Å². The first kappa shape index (κ1) is 10.3. The molecule has 0 saturated carbocycles. The van der Waals surface area contributed by atoms with Gasteiger partial charge in [-0.1, -0.05) is 6.07 Å². The van der Waals surface area contributed by atoms with Crippen molar-refractivity contribution in [2.45, 2.75) is 12.2 Å². The van der Waals surface area contributed by atoms with E-state index in [1.807, 2.05) is 0 Å². The number of alkyl halides is 3. The summed E-state index contributed by atoms with van der Waals surface area (Å²) >= 11 is 0. The fourth-order valence-electron chi connectivity index (χ4n) is 1.34. The zero-order chi connectivity index (χ0) is 10.9. The van der Waals surface area contributed by atoms with E-state index in [0.717, 1.165) is 12.1 Å². The van der Waals surface area contributed by atoms with Gasteiger partial charge in [0.15, 0.2) is 0 Å². The Balaban J connectivity index is 2.11. The molecule has 1 aliphatic rings. The third kappa shape index (κ3) is 2.41. The predicted molar refractivity (Wildman–Crippen MR) is 49.7 cm³/mol. The predicted octanol–water partition coefficient (Wildman–Crippen LogP) is 2.52. The molecule has 1 aromatic rings. The molecule has 1 aromatic carbocycles. The van der Waals surface area contributed by atoms with Crippen LogP contribution in [-0.4, -0.2) is 19.3 Å². The maximum Gasteiger partial charge on any atom is 0.416 e. The molecule has 0 atom stereocenters. The third-order valence-electron chi connectivity index (χ3n) is 2.20. The van der Waals surface area contributed by atoms with Gasteiger partial charge in [0.05, 0.1) is 24.8 Å². The minimum absolute atomic E-state index is 0.133. The van der Waals surface area contributed by atoms with Crippen LogP contribution in [-0.2, 0) is 10.9 Å². The second-order valence-corrected chi connectivity index (χ2v) is 3.46. The number of hydrogen-bond acceptors (Lipinski definition) is 2. The average Bonchev–Trinajstić information content (AvgIpc) is 2.11. The van der Waals surface area contributed by atoms with Gasteiger partial charge in [-0.15, -0.1) is 0 Å². The van der Waals surface area contributed by atoms with E-state index in [1.165, 1.54) is 6.07 Å². The largest absolute Gasteiger partial charge is 0.416 e. The van der Waals surface area contributed by atoms with Gasteiger partial charge in [-0.05, 0) is 18.2 Å². The Morgan fingerprint density at radius 3 is 2.53 bits per heavy atom. The van der Waals surface area contributed by atoms with E-state index in [0.29, 0.717) is 18.9 Å². The molecule has 0 bridgehead atoms. The summed E-state index contributed by atoms with van der Waals surface area (Å²) in [4.78, 5) is 0. The first-order valence-corrected chi connectivity index (χ1v) is 4.57. The molecule has 15 heavy (non-hydrogen) atoms. The molecule has 0 aliphatic carbocycles. The van der Waals surface area contributed by atoms with Gasteiger partial charge in [0.2, 0.25) is 0 Å². The first-order chi connectivity index (χ1) is 7.05. The van der Waals surface area contributed by atoms with Crippen LogP contribution >= 0.6 is 0 Å². The van der Waals surface area contributed by atoms with Crippen molar-refractivity contribution in [3.8, 4) is 0 Å². The van der Waals surface area contributed by atoms with Crippen LogP contribution in [0.3, 0.4) is 0 Å². The lowest BCUT2D eigenvalue weighted by atomic mass is 10.1. The lowest BCUT2D eigenvalue weighted by Crippen LogP contribution is -2.40. The molecule has 5 heteroatoms. The Labute approximate surface area is 85.0 Å². The maximum absolute atomic E-state index is 12.3. The Morgan fingerprint density at radius 2 is 2.00 bits per heavy atom. The Morgan fingerprint density at radius 1 is 1.27 bits per heavy atom. The van der Waals surface area contributed by atoms with E-state index in [-0.39, 0.29) is 6.04 Å². The number of anilines is 1. The Bertz CT molecular complexity index is 347. The summed E-state index contributed by atoms with van der Waals surface area (Å²) in [6.07, 6.45) is -4.28. The lowest BCUT2D eigenvalue weighted by molar-refractivity contribution is -0.137. The van der Waals surface area contributed by atoms with Crippen molar-refractivity contribution >= 4 is 5.69 Å². The van der Waals surface area contributed by atoms with Crippen molar-refractivity contribution in [1.82, 2.24) is 0 Å². The molecular weight excluding hydrogens is 207 g/mol. The van der Waals surface area contributed by atoms with Crippen LogP contribution in [0.15, 0.2) is 24.3 Å². The summed E-state index contributed by atoms with van der Waals surface area (Å²) in [5.41, 5.74) is -0.147. The van der Waals surface area contributed by atoms with Crippen molar-refractivity contribution in [3.05, 3.63) is 29.8 Å². The van der Waals surface area contributed by atoms with Crippen LogP contribution in [0.2, 0.25) is 0 Å². The molecule has 0 aromatic heterocycles. The molecule has 1 aliphatic heterocycles. The van der Waals surface area contributed by atoms with Gasteiger partial charge in [-0.2, -0.15) is 13.2 Å². The molecule has 0 radical (unpaired) electrons. The van der Waals surface area contributed by atoms with E-state index < -0.39 is 11.7 Å². The number of ether oxygens (including phenoxy) is 1. The van der Waals surface area contributed by atoms with Crippen molar-refractivity contribution in [2.75, 3.05) is 18.5 Å². The van der Waals surface area contributed by atoms with Crippen LogP contribution in [0.4, 0.5) is 18.9 Å². The van der Waals surface area contributed by atoms with Gasteiger partial charge < -0.3 is 10.1 Å². The van der Waals surface area contributed by atoms with Crippen LogP contribution in [0.1, 0.15) is 5.56 Å². The third-order valence-corrected chi connectivity index (χ3v) is 2.20. The number of halogens is 3. The highest BCUT2D eigenvalue weighted by atomic mass is 19.4. The van der Waals surface area contributed by atoms with Gasteiger partial charge in [-0.3, -0.25) is 0 Å². The zero-order valence-electron chi connectivity index (χ0n) is 7.84. The van der Waals surface area contributed by atoms with Gasteiger partial charge in [0.1, 0.15) is 0 Å². The summed E-state index contributed by atoms with van der Waals surface area (Å²) in [6, 6.07) is 5.31. The molecule has 1 saturated heterocycles. The van der Waals surface area contributed by atoms with Crippen molar-refractivity contribution < 1.29 is 17.9 Å². The van der Waals surface area contributed by atoms with Gasteiger partial charge >= 0.3 is 6.18 Å². The summed E-state index contributed by atoms with van der Waals surface area (Å²) in [7, 11) is 0. The zero-order valence-corrected chi connectivity index (χ0v) is 7.84. The average molecular weight is 217 g/mol. The van der Waals surface area contributed by atoms with E-state index in [2.05, 4.69) is 5.32 Å². The number of rotatable bonds is 2.